The van der Waals surface area contributed by atoms with E-state index in [9.17, 15) is 0 Å². The van der Waals surface area contributed by atoms with Gasteiger partial charge in [-0.2, -0.15) is 0 Å². The van der Waals surface area contributed by atoms with Gasteiger partial charge in [0, 0.05) is 37.2 Å². The smallest absolute Gasteiger partial charge is 0.126 e. The van der Waals surface area contributed by atoms with Gasteiger partial charge in [0.05, 0.1) is 12.0 Å². The summed E-state index contributed by atoms with van der Waals surface area (Å²) in [5.74, 6) is 1.49. The number of pyridine rings is 2. The Labute approximate surface area is 154 Å². The van der Waals surface area contributed by atoms with E-state index < -0.39 is 0 Å². The summed E-state index contributed by atoms with van der Waals surface area (Å²) in [6, 6.07) is 12.3. The maximum Gasteiger partial charge on any atom is 0.126 e. The van der Waals surface area contributed by atoms with Crippen LogP contribution in [0, 0.1) is 0 Å². The minimum Gasteiger partial charge on any atom is -0.465 e. The lowest BCUT2D eigenvalue weighted by Crippen LogP contribution is -2.22. The van der Waals surface area contributed by atoms with Gasteiger partial charge in [-0.05, 0) is 73.8 Å². The minimum atomic E-state index is 0.565. The predicted molar refractivity (Wildman–Crippen MR) is 104 cm³/mol. The van der Waals surface area contributed by atoms with Crippen LogP contribution in [-0.4, -0.2) is 34.5 Å². The summed E-state index contributed by atoms with van der Waals surface area (Å²) in [7, 11) is 0. The van der Waals surface area contributed by atoms with E-state index in [2.05, 4.69) is 40.0 Å². The third kappa shape index (κ3) is 3.92. The zero-order valence-electron chi connectivity index (χ0n) is 15.0. The van der Waals surface area contributed by atoms with Crippen molar-refractivity contribution in [1.29, 1.82) is 0 Å². The SMILES string of the molecule is C/C(=C\c1ccco1)CN1CC[C@H](c2ccnc(-c3ccncc3)c2)C1. The largest absolute Gasteiger partial charge is 0.465 e. The molecule has 1 fully saturated rings. The second kappa shape index (κ2) is 7.67. The van der Waals surface area contributed by atoms with Crippen LogP contribution in [0.5, 0.6) is 0 Å². The van der Waals surface area contributed by atoms with Crippen molar-refractivity contribution in [2.24, 2.45) is 0 Å². The molecule has 0 aliphatic carbocycles. The average Bonchev–Trinajstić information content (AvgIpc) is 3.35. The normalized spacial score (nSPS) is 18.3. The van der Waals surface area contributed by atoms with Crippen molar-refractivity contribution >= 4 is 6.08 Å². The highest BCUT2D eigenvalue weighted by Crippen LogP contribution is 2.29. The summed E-state index contributed by atoms with van der Waals surface area (Å²) in [5.41, 5.74) is 4.85. The van der Waals surface area contributed by atoms with E-state index in [1.807, 2.05) is 42.9 Å². The number of furan rings is 1. The van der Waals surface area contributed by atoms with Crippen LogP contribution in [0.4, 0.5) is 0 Å². The Hall–Kier alpha value is -2.72. The molecule has 0 radical (unpaired) electrons. The van der Waals surface area contributed by atoms with Crippen molar-refractivity contribution < 1.29 is 4.42 Å². The summed E-state index contributed by atoms with van der Waals surface area (Å²) >= 11 is 0. The number of hydrogen-bond acceptors (Lipinski definition) is 4. The Bertz CT molecular complexity index is 871. The number of aromatic nitrogens is 2. The number of likely N-dealkylation sites (tertiary alicyclic amines) is 1. The van der Waals surface area contributed by atoms with Crippen molar-refractivity contribution in [3.63, 3.8) is 0 Å². The molecule has 0 N–H and O–H groups in total. The van der Waals surface area contributed by atoms with E-state index in [-0.39, 0.29) is 0 Å². The first kappa shape index (κ1) is 16.7. The second-order valence-corrected chi connectivity index (χ2v) is 6.94. The molecule has 26 heavy (non-hydrogen) atoms. The molecule has 1 aliphatic heterocycles. The maximum absolute atomic E-state index is 5.41. The van der Waals surface area contributed by atoms with Crippen LogP contribution in [0.15, 0.2) is 71.2 Å². The molecule has 132 valence electrons. The van der Waals surface area contributed by atoms with Gasteiger partial charge >= 0.3 is 0 Å². The predicted octanol–water partition coefficient (Wildman–Crippen LogP) is 4.63. The van der Waals surface area contributed by atoms with Gasteiger partial charge in [0.25, 0.3) is 0 Å². The Morgan fingerprint density at radius 2 is 2.12 bits per heavy atom. The zero-order chi connectivity index (χ0) is 17.8. The molecule has 0 unspecified atom stereocenters. The molecular weight excluding hydrogens is 322 g/mol. The summed E-state index contributed by atoms with van der Waals surface area (Å²) in [4.78, 5) is 11.1. The summed E-state index contributed by atoms with van der Waals surface area (Å²) in [6.45, 7) is 5.37. The molecule has 0 amide bonds. The van der Waals surface area contributed by atoms with Crippen LogP contribution in [0.3, 0.4) is 0 Å². The van der Waals surface area contributed by atoms with E-state index in [1.165, 1.54) is 17.6 Å². The first-order valence-corrected chi connectivity index (χ1v) is 9.07. The Morgan fingerprint density at radius 3 is 2.92 bits per heavy atom. The molecule has 4 rings (SSSR count). The zero-order valence-corrected chi connectivity index (χ0v) is 15.0. The second-order valence-electron chi connectivity index (χ2n) is 6.94. The lowest BCUT2D eigenvalue weighted by Gasteiger charge is -2.17. The highest BCUT2D eigenvalue weighted by molar-refractivity contribution is 5.59. The van der Waals surface area contributed by atoms with Gasteiger partial charge in [-0.1, -0.05) is 5.57 Å². The number of rotatable bonds is 5. The van der Waals surface area contributed by atoms with Crippen LogP contribution < -0.4 is 0 Å². The van der Waals surface area contributed by atoms with Crippen molar-refractivity contribution in [2.75, 3.05) is 19.6 Å². The molecule has 0 spiro atoms. The van der Waals surface area contributed by atoms with E-state index >= 15 is 0 Å². The van der Waals surface area contributed by atoms with Crippen LogP contribution in [0.25, 0.3) is 17.3 Å². The third-order valence-electron chi connectivity index (χ3n) is 4.91. The van der Waals surface area contributed by atoms with Gasteiger partial charge in [0.1, 0.15) is 5.76 Å². The van der Waals surface area contributed by atoms with E-state index in [0.29, 0.717) is 5.92 Å². The van der Waals surface area contributed by atoms with Crippen molar-refractivity contribution in [2.45, 2.75) is 19.3 Å². The molecular formula is C22H23N3O. The Morgan fingerprint density at radius 1 is 1.23 bits per heavy atom. The quantitative estimate of drug-likeness (QED) is 0.676. The van der Waals surface area contributed by atoms with Crippen molar-refractivity contribution in [3.8, 4) is 11.3 Å². The minimum absolute atomic E-state index is 0.565. The lowest BCUT2D eigenvalue weighted by molar-refractivity contribution is 0.364. The topological polar surface area (TPSA) is 42.2 Å². The Kier molecular flexibility index (Phi) is 4.93. The molecule has 4 heteroatoms. The van der Waals surface area contributed by atoms with Gasteiger partial charge in [-0.15, -0.1) is 0 Å². The fourth-order valence-electron chi connectivity index (χ4n) is 3.64. The highest BCUT2D eigenvalue weighted by atomic mass is 16.3. The molecule has 1 saturated heterocycles. The first-order chi connectivity index (χ1) is 12.8. The van der Waals surface area contributed by atoms with Gasteiger partial charge < -0.3 is 4.42 Å². The van der Waals surface area contributed by atoms with Crippen molar-refractivity contribution in [1.82, 2.24) is 14.9 Å². The lowest BCUT2D eigenvalue weighted by atomic mass is 9.97. The monoisotopic (exact) mass is 345 g/mol. The highest BCUT2D eigenvalue weighted by Gasteiger charge is 2.24. The van der Waals surface area contributed by atoms with Crippen LogP contribution >= 0.6 is 0 Å². The average molecular weight is 345 g/mol. The molecule has 4 heterocycles. The number of nitrogens with zero attached hydrogens (tertiary/aromatic N) is 3. The van der Waals surface area contributed by atoms with Gasteiger partial charge in [-0.25, -0.2) is 0 Å². The van der Waals surface area contributed by atoms with Crippen molar-refractivity contribution in [3.05, 3.63) is 78.1 Å². The van der Waals surface area contributed by atoms with Gasteiger partial charge in [0.2, 0.25) is 0 Å². The molecule has 4 nitrogen and oxygen atoms in total. The molecule has 3 aromatic rings. The number of hydrogen-bond donors (Lipinski definition) is 0. The van der Waals surface area contributed by atoms with Crippen LogP contribution in [0.2, 0.25) is 0 Å². The van der Waals surface area contributed by atoms with E-state index in [1.54, 1.807) is 6.26 Å². The standard InChI is InChI=1S/C22H23N3O/c1-17(13-21-3-2-12-26-21)15-25-11-7-20(16-25)19-6-10-24-22(14-19)18-4-8-23-9-5-18/h2-6,8-10,12-14,20H,7,11,15-16H2,1H3/b17-13+/t20-/m0/s1. The van der Waals surface area contributed by atoms with E-state index in [4.69, 9.17) is 4.42 Å². The molecule has 0 aromatic carbocycles. The van der Waals surface area contributed by atoms with E-state index in [0.717, 1.165) is 36.7 Å². The summed E-state index contributed by atoms with van der Waals surface area (Å²) in [6.07, 6.45) is 10.6. The summed E-state index contributed by atoms with van der Waals surface area (Å²) < 4.78 is 5.41. The molecule has 0 saturated carbocycles. The van der Waals surface area contributed by atoms with Gasteiger partial charge in [0.15, 0.2) is 0 Å². The maximum atomic E-state index is 5.41. The van der Waals surface area contributed by atoms with Crippen LogP contribution in [0.1, 0.15) is 30.6 Å². The van der Waals surface area contributed by atoms with Crippen LogP contribution in [-0.2, 0) is 0 Å². The Balaban J connectivity index is 1.42. The molecule has 0 bridgehead atoms. The fourth-order valence-corrected chi connectivity index (χ4v) is 3.64. The fraction of sp³-hybridized carbons (Fsp3) is 0.273. The third-order valence-corrected chi connectivity index (χ3v) is 4.91. The van der Waals surface area contributed by atoms with Gasteiger partial charge in [-0.3, -0.25) is 14.9 Å². The molecule has 1 aliphatic rings. The summed E-state index contributed by atoms with van der Waals surface area (Å²) in [5, 5.41) is 0. The molecule has 1 atom stereocenters. The molecule has 3 aromatic heterocycles. The first-order valence-electron chi connectivity index (χ1n) is 9.07.